The van der Waals surface area contributed by atoms with Crippen LogP contribution in [-0.4, -0.2) is 5.11 Å². The first-order valence-electron chi connectivity index (χ1n) is 3.12. The van der Waals surface area contributed by atoms with Gasteiger partial charge in [-0.25, -0.2) is 0 Å². The van der Waals surface area contributed by atoms with Gasteiger partial charge < -0.3 is 5.11 Å². The molecule has 1 N–H and O–H groups in total. The van der Waals surface area contributed by atoms with Gasteiger partial charge in [-0.05, 0) is 16.0 Å². The molecule has 0 aliphatic rings. The van der Waals surface area contributed by atoms with Crippen LogP contribution in [0.2, 0.25) is 0 Å². The Morgan fingerprint density at radius 3 is 2.50 bits per heavy atom. The van der Waals surface area contributed by atoms with Gasteiger partial charge in [0, 0.05) is 0 Å². The average molecular weight is 134 g/mol. The lowest BCUT2D eigenvalue weighted by Gasteiger charge is -1.94. The van der Waals surface area contributed by atoms with Crippen LogP contribution in [0.3, 0.4) is 0 Å². The van der Waals surface area contributed by atoms with Gasteiger partial charge in [-0.15, -0.1) is 0 Å². The highest BCUT2D eigenvalue weighted by atomic mass is 16.3. The fraction of sp³-hybridized carbons (Fsp3) is 0.111. The number of aliphatic hydroxyl groups is 1. The Balaban J connectivity index is 3.43. The van der Waals surface area contributed by atoms with E-state index in [2.05, 4.69) is 13.2 Å². The fourth-order valence-corrected chi connectivity index (χ4v) is 0.836. The number of rotatable bonds is 1. The lowest BCUT2D eigenvalue weighted by molar-refractivity contribution is 0.281. The molecule has 1 nitrogen and oxygen atoms in total. The van der Waals surface area contributed by atoms with Crippen LogP contribution in [0.25, 0.3) is 13.2 Å². The zero-order valence-electron chi connectivity index (χ0n) is 5.80. The van der Waals surface area contributed by atoms with Crippen LogP contribution in [0, 0.1) is 0 Å². The third-order valence-corrected chi connectivity index (χ3v) is 1.54. The molecular weight excluding hydrogens is 124 g/mol. The number of hydrogen-bond acceptors (Lipinski definition) is 1. The summed E-state index contributed by atoms with van der Waals surface area (Å²) in [6.07, 6.45) is 0. The molecule has 0 saturated heterocycles. The number of benzene rings is 1. The Kier molecular flexibility index (Phi) is 1.88. The molecule has 0 heterocycles. The lowest BCUT2D eigenvalue weighted by atomic mass is 10.1. The molecular formula is C9H10O. The molecule has 0 unspecified atom stereocenters. The van der Waals surface area contributed by atoms with E-state index in [1.54, 1.807) is 0 Å². The molecule has 0 atom stereocenters. The maximum Gasteiger partial charge on any atom is 0.0687 e. The second kappa shape index (κ2) is 2.67. The van der Waals surface area contributed by atoms with E-state index in [1.165, 1.54) is 0 Å². The number of aliphatic hydroxyl groups excluding tert-OH is 1. The normalized spacial score (nSPS) is 9.70. The van der Waals surface area contributed by atoms with Crippen LogP contribution in [-0.2, 0) is 6.61 Å². The fourth-order valence-electron chi connectivity index (χ4n) is 0.836. The van der Waals surface area contributed by atoms with Crippen molar-refractivity contribution >= 4 is 13.2 Å². The minimum Gasteiger partial charge on any atom is -0.392 e. The van der Waals surface area contributed by atoms with E-state index in [4.69, 9.17) is 5.11 Å². The van der Waals surface area contributed by atoms with Gasteiger partial charge in [0.25, 0.3) is 0 Å². The maximum atomic E-state index is 8.78. The second-order valence-electron chi connectivity index (χ2n) is 2.21. The molecule has 1 heteroatoms. The van der Waals surface area contributed by atoms with Gasteiger partial charge in [0.05, 0.1) is 6.61 Å². The van der Waals surface area contributed by atoms with Gasteiger partial charge in [0.15, 0.2) is 0 Å². The van der Waals surface area contributed by atoms with Gasteiger partial charge in [-0.1, -0.05) is 31.4 Å². The molecule has 1 rings (SSSR count). The summed E-state index contributed by atoms with van der Waals surface area (Å²) in [5, 5.41) is 10.5. The van der Waals surface area contributed by atoms with E-state index in [0.29, 0.717) is 0 Å². The Bertz CT molecular complexity index is 314. The quantitative estimate of drug-likeness (QED) is 0.573. The maximum absolute atomic E-state index is 8.78. The van der Waals surface area contributed by atoms with E-state index in [9.17, 15) is 0 Å². The summed E-state index contributed by atoms with van der Waals surface area (Å²) in [5.41, 5.74) is 0.854. The zero-order chi connectivity index (χ0) is 7.56. The largest absolute Gasteiger partial charge is 0.392 e. The summed E-state index contributed by atoms with van der Waals surface area (Å²) in [4.78, 5) is 0. The monoisotopic (exact) mass is 134 g/mol. The third-order valence-electron chi connectivity index (χ3n) is 1.54. The van der Waals surface area contributed by atoms with Crippen LogP contribution in [0.15, 0.2) is 18.2 Å². The summed E-state index contributed by atoms with van der Waals surface area (Å²) >= 11 is 0. The highest BCUT2D eigenvalue weighted by Crippen LogP contribution is 1.84. The number of hydrogen-bond donors (Lipinski definition) is 1. The van der Waals surface area contributed by atoms with E-state index >= 15 is 0 Å². The molecule has 0 saturated carbocycles. The summed E-state index contributed by atoms with van der Waals surface area (Å²) in [6.45, 7) is 7.57. The van der Waals surface area contributed by atoms with Gasteiger partial charge in [0.1, 0.15) is 0 Å². The summed E-state index contributed by atoms with van der Waals surface area (Å²) in [7, 11) is 0. The molecule has 52 valence electrons. The van der Waals surface area contributed by atoms with Crippen molar-refractivity contribution in [3.63, 3.8) is 0 Å². The highest BCUT2D eigenvalue weighted by Gasteiger charge is 1.88. The van der Waals surface area contributed by atoms with Crippen molar-refractivity contribution in [2.75, 3.05) is 0 Å². The Morgan fingerprint density at radius 1 is 1.30 bits per heavy atom. The zero-order valence-corrected chi connectivity index (χ0v) is 5.80. The first-order valence-corrected chi connectivity index (χ1v) is 3.12. The molecule has 10 heavy (non-hydrogen) atoms. The summed E-state index contributed by atoms with van der Waals surface area (Å²) in [6, 6.07) is 5.58. The Labute approximate surface area is 59.9 Å². The predicted molar refractivity (Wildman–Crippen MR) is 42.7 cm³/mol. The minimum atomic E-state index is 0.0438. The first-order chi connectivity index (χ1) is 4.75. The summed E-state index contributed by atoms with van der Waals surface area (Å²) in [5.74, 6) is 0. The first kappa shape index (κ1) is 7.03. The van der Waals surface area contributed by atoms with E-state index in [0.717, 1.165) is 16.0 Å². The van der Waals surface area contributed by atoms with Gasteiger partial charge >= 0.3 is 0 Å². The van der Waals surface area contributed by atoms with Gasteiger partial charge in [-0.2, -0.15) is 0 Å². The molecule has 1 aromatic carbocycles. The van der Waals surface area contributed by atoms with Crippen molar-refractivity contribution in [3.05, 3.63) is 34.2 Å². The van der Waals surface area contributed by atoms with Crippen LogP contribution in [0.4, 0.5) is 0 Å². The van der Waals surface area contributed by atoms with Crippen molar-refractivity contribution in [1.29, 1.82) is 0 Å². The molecule has 0 spiro atoms. The van der Waals surface area contributed by atoms with Gasteiger partial charge in [-0.3, -0.25) is 0 Å². The molecule has 0 radical (unpaired) electrons. The molecule has 0 amide bonds. The van der Waals surface area contributed by atoms with Gasteiger partial charge in [0.2, 0.25) is 0 Å². The van der Waals surface area contributed by atoms with E-state index in [-0.39, 0.29) is 6.61 Å². The Morgan fingerprint density at radius 2 is 2.00 bits per heavy atom. The predicted octanol–water partition coefficient (Wildman–Crippen LogP) is -0.000500. The highest BCUT2D eigenvalue weighted by molar-refractivity contribution is 5.24. The third kappa shape index (κ3) is 1.09. The minimum absolute atomic E-state index is 0.0438. The van der Waals surface area contributed by atoms with Crippen LogP contribution >= 0.6 is 0 Å². The second-order valence-corrected chi connectivity index (χ2v) is 2.21. The van der Waals surface area contributed by atoms with Crippen LogP contribution in [0.5, 0.6) is 0 Å². The molecule has 0 aliphatic heterocycles. The topological polar surface area (TPSA) is 20.2 Å². The van der Waals surface area contributed by atoms with E-state index < -0.39 is 0 Å². The smallest absolute Gasteiger partial charge is 0.0687 e. The standard InChI is InChI=1S/C9H10O/c1-7-4-3-5-9(6-10)8(7)2/h3-5,10H,1-2,6H2. The van der Waals surface area contributed by atoms with Crippen molar-refractivity contribution < 1.29 is 5.11 Å². The SMILES string of the molecule is C=c1cccc(CO)c1=C. The molecule has 1 aromatic rings. The van der Waals surface area contributed by atoms with E-state index in [1.807, 2.05) is 18.2 Å². The Hall–Kier alpha value is -1.08. The average Bonchev–Trinajstić information content (AvgIpc) is 1.95. The van der Waals surface area contributed by atoms with Crippen molar-refractivity contribution in [2.45, 2.75) is 6.61 Å². The van der Waals surface area contributed by atoms with Crippen molar-refractivity contribution in [3.8, 4) is 0 Å². The molecule has 0 aromatic heterocycles. The van der Waals surface area contributed by atoms with Crippen molar-refractivity contribution in [1.82, 2.24) is 0 Å². The molecule has 0 fully saturated rings. The summed E-state index contributed by atoms with van der Waals surface area (Å²) < 4.78 is 0. The molecule has 0 aliphatic carbocycles. The molecule has 0 bridgehead atoms. The van der Waals surface area contributed by atoms with Crippen molar-refractivity contribution in [2.24, 2.45) is 0 Å². The van der Waals surface area contributed by atoms with Crippen LogP contribution in [0.1, 0.15) is 5.56 Å². The lowest BCUT2D eigenvalue weighted by Crippen LogP contribution is -2.25. The van der Waals surface area contributed by atoms with Crippen LogP contribution < -0.4 is 10.4 Å².